The van der Waals surface area contributed by atoms with Crippen LogP contribution in [0.5, 0.6) is 0 Å². The number of hydrogen-bond donors (Lipinski definition) is 1. The van der Waals surface area contributed by atoms with Crippen LogP contribution in [-0.4, -0.2) is 47.8 Å². The van der Waals surface area contributed by atoms with Gasteiger partial charge in [-0.25, -0.2) is 9.78 Å². The molecule has 0 aliphatic carbocycles. The molecule has 0 unspecified atom stereocenters. The van der Waals surface area contributed by atoms with Crippen molar-refractivity contribution in [1.29, 1.82) is 0 Å². The number of carbonyl (C=O) groups is 2. The Balaban J connectivity index is 2.00. The summed E-state index contributed by atoms with van der Waals surface area (Å²) < 4.78 is 11.5. The van der Waals surface area contributed by atoms with E-state index >= 15 is 0 Å². The molecular weight excluding hydrogens is 262 g/mol. The van der Waals surface area contributed by atoms with Crippen LogP contribution in [0.25, 0.3) is 0 Å². The van der Waals surface area contributed by atoms with Crippen molar-refractivity contribution in [3.8, 4) is 0 Å². The van der Waals surface area contributed by atoms with Crippen molar-refractivity contribution in [2.45, 2.75) is 32.4 Å². The van der Waals surface area contributed by atoms with Crippen LogP contribution in [0.1, 0.15) is 29.2 Å². The molecule has 1 aliphatic rings. The van der Waals surface area contributed by atoms with Crippen molar-refractivity contribution >= 4 is 11.9 Å². The number of rotatable bonds is 4. The number of nitrogens with one attached hydrogen (secondary N) is 1. The molecule has 1 aromatic rings. The first-order valence-electron chi connectivity index (χ1n) is 6.59. The molecule has 1 aromatic heterocycles. The topological polar surface area (TPSA) is 82.5 Å². The van der Waals surface area contributed by atoms with Crippen LogP contribution in [0, 0.1) is 6.92 Å². The van der Waals surface area contributed by atoms with E-state index in [0.29, 0.717) is 19.0 Å². The molecule has 7 nitrogen and oxygen atoms in total. The molecule has 0 bridgehead atoms. The molecule has 2 heterocycles. The lowest BCUT2D eigenvalue weighted by Crippen LogP contribution is -2.40. The number of esters is 1. The maximum Gasteiger partial charge on any atom is 0.356 e. The van der Waals surface area contributed by atoms with Gasteiger partial charge in [0.25, 0.3) is 0 Å². The molecule has 1 N–H and O–H groups in total. The Morgan fingerprint density at radius 3 is 2.85 bits per heavy atom. The van der Waals surface area contributed by atoms with Crippen molar-refractivity contribution < 1.29 is 19.1 Å². The number of ether oxygens (including phenoxy) is 2. The first kappa shape index (κ1) is 14.5. The van der Waals surface area contributed by atoms with Gasteiger partial charge in [0, 0.05) is 19.3 Å². The minimum absolute atomic E-state index is 0.0631. The van der Waals surface area contributed by atoms with Crippen LogP contribution in [0.2, 0.25) is 0 Å². The first-order valence-corrected chi connectivity index (χ1v) is 6.59. The van der Waals surface area contributed by atoms with Crippen molar-refractivity contribution in [1.82, 2.24) is 14.9 Å². The van der Waals surface area contributed by atoms with Crippen LogP contribution in [0.4, 0.5) is 0 Å². The highest BCUT2D eigenvalue weighted by Crippen LogP contribution is 2.08. The van der Waals surface area contributed by atoms with E-state index in [4.69, 9.17) is 4.74 Å². The Morgan fingerprint density at radius 1 is 1.50 bits per heavy atom. The highest BCUT2D eigenvalue weighted by molar-refractivity contribution is 5.88. The van der Waals surface area contributed by atoms with Crippen molar-refractivity contribution in [2.24, 2.45) is 0 Å². The fourth-order valence-electron chi connectivity index (χ4n) is 2.19. The number of imidazole rings is 1. The third-order valence-corrected chi connectivity index (χ3v) is 3.34. The minimum Gasteiger partial charge on any atom is -0.464 e. The van der Waals surface area contributed by atoms with E-state index in [2.05, 4.69) is 15.0 Å². The monoisotopic (exact) mass is 281 g/mol. The van der Waals surface area contributed by atoms with Crippen molar-refractivity contribution in [3.05, 3.63) is 17.7 Å². The average molecular weight is 281 g/mol. The van der Waals surface area contributed by atoms with E-state index in [-0.39, 0.29) is 24.2 Å². The van der Waals surface area contributed by atoms with Gasteiger partial charge in [-0.1, -0.05) is 0 Å². The van der Waals surface area contributed by atoms with Gasteiger partial charge in [-0.2, -0.15) is 0 Å². The second-order valence-corrected chi connectivity index (χ2v) is 4.72. The maximum absolute atomic E-state index is 12.0. The van der Waals surface area contributed by atoms with Gasteiger partial charge in [-0.3, -0.25) is 4.79 Å². The molecule has 7 heteroatoms. The zero-order valence-corrected chi connectivity index (χ0v) is 11.7. The predicted molar refractivity (Wildman–Crippen MR) is 70.3 cm³/mol. The third kappa shape index (κ3) is 3.36. The largest absolute Gasteiger partial charge is 0.464 e. The van der Waals surface area contributed by atoms with E-state index in [9.17, 15) is 9.59 Å². The Labute approximate surface area is 117 Å². The fraction of sp³-hybridized carbons (Fsp3) is 0.615. The highest BCUT2D eigenvalue weighted by atomic mass is 16.5. The van der Waals surface area contributed by atoms with Gasteiger partial charge in [0.05, 0.1) is 13.3 Å². The summed E-state index contributed by atoms with van der Waals surface area (Å²) in [6.45, 7) is 3.15. The number of carbonyl (C=O) groups excluding carboxylic acids is 2. The lowest BCUT2D eigenvalue weighted by molar-refractivity contribution is -0.123. The summed E-state index contributed by atoms with van der Waals surface area (Å²) in [4.78, 5) is 27.7. The summed E-state index contributed by atoms with van der Waals surface area (Å²) in [7, 11) is 1.30. The van der Waals surface area contributed by atoms with Crippen molar-refractivity contribution in [2.75, 3.05) is 20.3 Å². The summed E-state index contributed by atoms with van der Waals surface area (Å²) in [5.74, 6) is -0.0276. The molecule has 0 atom stereocenters. The smallest absolute Gasteiger partial charge is 0.356 e. The van der Waals surface area contributed by atoms with Crippen LogP contribution >= 0.6 is 0 Å². The molecule has 0 saturated carbocycles. The molecule has 0 radical (unpaired) electrons. The number of aryl methyl sites for hydroxylation is 1. The summed E-state index contributed by atoms with van der Waals surface area (Å²) in [5.41, 5.74) is 0.284. The Bertz CT molecular complexity index is 492. The molecule has 1 fully saturated rings. The second kappa shape index (κ2) is 6.51. The van der Waals surface area contributed by atoms with E-state index < -0.39 is 5.97 Å². The molecule has 0 aromatic carbocycles. The normalized spacial score (nSPS) is 15.9. The predicted octanol–water partition coefficient (Wildman–Crippen LogP) is 0.273. The molecule has 1 amide bonds. The summed E-state index contributed by atoms with van der Waals surface area (Å²) in [6, 6.07) is 0.140. The zero-order chi connectivity index (χ0) is 14.5. The first-order chi connectivity index (χ1) is 9.61. The van der Waals surface area contributed by atoms with E-state index in [0.717, 1.165) is 12.8 Å². The van der Waals surface area contributed by atoms with Crippen molar-refractivity contribution in [3.63, 3.8) is 0 Å². The zero-order valence-electron chi connectivity index (χ0n) is 11.7. The van der Waals surface area contributed by atoms with Gasteiger partial charge in [0.15, 0.2) is 0 Å². The summed E-state index contributed by atoms with van der Waals surface area (Å²) in [5, 5.41) is 2.95. The van der Waals surface area contributed by atoms with E-state index in [1.165, 1.54) is 13.3 Å². The van der Waals surface area contributed by atoms with E-state index in [1.54, 1.807) is 11.5 Å². The lowest BCUT2D eigenvalue weighted by atomic mass is 10.1. The van der Waals surface area contributed by atoms with Crippen LogP contribution in [-0.2, 0) is 20.8 Å². The molecule has 110 valence electrons. The average Bonchev–Trinajstić information content (AvgIpc) is 2.80. The Hall–Kier alpha value is -1.89. The third-order valence-electron chi connectivity index (χ3n) is 3.34. The van der Waals surface area contributed by atoms with Gasteiger partial charge >= 0.3 is 5.97 Å². The number of hydrogen-bond acceptors (Lipinski definition) is 5. The van der Waals surface area contributed by atoms with Gasteiger partial charge in [-0.05, 0) is 19.8 Å². The van der Waals surface area contributed by atoms with Gasteiger partial charge in [0.2, 0.25) is 5.91 Å². The second-order valence-electron chi connectivity index (χ2n) is 4.72. The quantitative estimate of drug-likeness (QED) is 0.801. The minimum atomic E-state index is -0.496. The number of amides is 1. The van der Waals surface area contributed by atoms with E-state index in [1.807, 2.05) is 0 Å². The molecule has 1 aliphatic heterocycles. The SMILES string of the molecule is COC(=O)c1cnc(C)n1CC(=O)NC1CCOCC1. The van der Waals surface area contributed by atoms with Gasteiger partial charge < -0.3 is 19.4 Å². The number of methoxy groups -OCH3 is 1. The molecular formula is C13H19N3O4. The Morgan fingerprint density at radius 2 is 2.20 bits per heavy atom. The highest BCUT2D eigenvalue weighted by Gasteiger charge is 2.20. The fourth-order valence-corrected chi connectivity index (χ4v) is 2.19. The standard InChI is InChI=1S/C13H19N3O4/c1-9-14-7-11(13(18)19-2)16(9)8-12(17)15-10-3-5-20-6-4-10/h7,10H,3-6,8H2,1-2H3,(H,15,17). The van der Waals surface area contributed by atoms with Crippen LogP contribution in [0.3, 0.4) is 0 Å². The maximum atomic E-state index is 12.0. The van der Waals surface area contributed by atoms with Crippen LogP contribution in [0.15, 0.2) is 6.20 Å². The Kier molecular flexibility index (Phi) is 4.73. The lowest BCUT2D eigenvalue weighted by Gasteiger charge is -2.23. The summed E-state index contributed by atoms with van der Waals surface area (Å²) >= 11 is 0. The molecule has 1 saturated heterocycles. The molecule has 20 heavy (non-hydrogen) atoms. The summed E-state index contributed by atoms with van der Waals surface area (Å²) in [6.07, 6.45) is 3.06. The number of aromatic nitrogens is 2. The molecule has 0 spiro atoms. The number of nitrogens with zero attached hydrogens (tertiary/aromatic N) is 2. The van der Waals surface area contributed by atoms with Gasteiger partial charge in [-0.15, -0.1) is 0 Å². The van der Waals surface area contributed by atoms with Crippen LogP contribution < -0.4 is 5.32 Å². The van der Waals surface area contributed by atoms with Gasteiger partial charge in [0.1, 0.15) is 18.1 Å². The molecule has 2 rings (SSSR count).